The number of ether oxygens (including phenoxy) is 2. The number of hydrogen-bond acceptors (Lipinski definition) is 4. The van der Waals surface area contributed by atoms with Gasteiger partial charge in [0, 0.05) is 0 Å². The highest BCUT2D eigenvalue weighted by atomic mass is 16.6. The second-order valence-electron chi connectivity index (χ2n) is 11.0. The zero-order chi connectivity index (χ0) is 20.3. The van der Waals surface area contributed by atoms with Gasteiger partial charge in [-0.3, -0.25) is 9.59 Å². The number of carbonyl (C=O) groups is 2. The van der Waals surface area contributed by atoms with E-state index in [0.717, 1.165) is 12.8 Å². The molecule has 0 rings (SSSR count). The SMILES string of the molecule is CC(CC(=O)OC(C)(C)CC(C)(C)C)C(=O)OC(C)(C)CC(C)(C)C. The van der Waals surface area contributed by atoms with Crippen LogP contribution in [0.2, 0.25) is 0 Å². The molecule has 0 heterocycles. The van der Waals surface area contributed by atoms with Gasteiger partial charge in [-0.05, 0) is 51.4 Å². The van der Waals surface area contributed by atoms with Crippen molar-refractivity contribution in [2.24, 2.45) is 16.7 Å². The molecule has 0 aromatic heterocycles. The minimum absolute atomic E-state index is 0.0397. The summed E-state index contributed by atoms with van der Waals surface area (Å²) in [5.41, 5.74) is -0.988. The first-order valence-electron chi connectivity index (χ1n) is 9.27. The molecule has 0 fully saturated rings. The second-order valence-corrected chi connectivity index (χ2v) is 11.0. The minimum atomic E-state index is -0.557. The predicted molar refractivity (Wildman–Crippen MR) is 102 cm³/mol. The topological polar surface area (TPSA) is 52.6 Å². The molecule has 0 radical (unpaired) electrons. The first-order chi connectivity index (χ1) is 10.8. The van der Waals surface area contributed by atoms with E-state index in [9.17, 15) is 9.59 Å². The Morgan fingerprint density at radius 2 is 1.08 bits per heavy atom. The highest BCUT2D eigenvalue weighted by molar-refractivity contribution is 5.80. The summed E-state index contributed by atoms with van der Waals surface area (Å²) in [7, 11) is 0. The van der Waals surface area contributed by atoms with E-state index in [2.05, 4.69) is 41.5 Å². The van der Waals surface area contributed by atoms with Crippen LogP contribution in [-0.4, -0.2) is 23.1 Å². The van der Waals surface area contributed by atoms with Gasteiger partial charge in [-0.1, -0.05) is 48.5 Å². The molecule has 0 saturated heterocycles. The van der Waals surface area contributed by atoms with Crippen LogP contribution in [0, 0.1) is 16.7 Å². The molecule has 0 saturated carbocycles. The molecular formula is C21H40O4. The molecule has 0 N–H and O–H groups in total. The molecule has 0 aromatic rings. The first kappa shape index (κ1) is 23.9. The summed E-state index contributed by atoms with van der Waals surface area (Å²) >= 11 is 0. The van der Waals surface area contributed by atoms with Crippen molar-refractivity contribution in [1.29, 1.82) is 0 Å². The fraction of sp³-hybridized carbons (Fsp3) is 0.905. The van der Waals surface area contributed by atoms with Gasteiger partial charge in [-0.15, -0.1) is 0 Å². The summed E-state index contributed by atoms with van der Waals surface area (Å²) < 4.78 is 11.2. The van der Waals surface area contributed by atoms with Crippen LogP contribution in [0.5, 0.6) is 0 Å². The Morgan fingerprint density at radius 1 is 0.720 bits per heavy atom. The summed E-state index contributed by atoms with van der Waals surface area (Å²) in [5, 5.41) is 0. The van der Waals surface area contributed by atoms with Crippen LogP contribution in [-0.2, 0) is 19.1 Å². The van der Waals surface area contributed by atoms with Crippen molar-refractivity contribution >= 4 is 11.9 Å². The van der Waals surface area contributed by atoms with Gasteiger partial charge in [-0.2, -0.15) is 0 Å². The van der Waals surface area contributed by atoms with Gasteiger partial charge in [0.1, 0.15) is 11.2 Å². The van der Waals surface area contributed by atoms with Crippen LogP contribution in [0.25, 0.3) is 0 Å². The summed E-state index contributed by atoms with van der Waals surface area (Å²) in [5.74, 6) is -1.22. The van der Waals surface area contributed by atoms with Gasteiger partial charge >= 0.3 is 11.9 Å². The second kappa shape index (κ2) is 8.09. The van der Waals surface area contributed by atoms with E-state index in [-0.39, 0.29) is 29.2 Å². The van der Waals surface area contributed by atoms with Crippen molar-refractivity contribution in [2.45, 2.75) is 107 Å². The molecule has 0 aromatic carbocycles. The van der Waals surface area contributed by atoms with Crippen LogP contribution in [0.15, 0.2) is 0 Å². The van der Waals surface area contributed by atoms with E-state index >= 15 is 0 Å². The van der Waals surface area contributed by atoms with E-state index in [1.165, 1.54) is 0 Å². The van der Waals surface area contributed by atoms with Crippen LogP contribution < -0.4 is 0 Å². The van der Waals surface area contributed by atoms with Crippen molar-refractivity contribution in [1.82, 2.24) is 0 Å². The summed E-state index contributed by atoms with van der Waals surface area (Å²) in [6.07, 6.45) is 1.54. The Bertz CT molecular complexity index is 461. The summed E-state index contributed by atoms with van der Waals surface area (Å²) in [4.78, 5) is 24.6. The highest BCUT2D eigenvalue weighted by Crippen LogP contribution is 2.31. The molecule has 0 aliphatic carbocycles. The molecule has 4 heteroatoms. The Kier molecular flexibility index (Phi) is 7.75. The largest absolute Gasteiger partial charge is 0.460 e. The van der Waals surface area contributed by atoms with E-state index < -0.39 is 17.1 Å². The molecule has 148 valence electrons. The van der Waals surface area contributed by atoms with Crippen molar-refractivity contribution in [3.8, 4) is 0 Å². The molecule has 0 aliphatic heterocycles. The molecule has 1 atom stereocenters. The smallest absolute Gasteiger partial charge is 0.309 e. The lowest BCUT2D eigenvalue weighted by molar-refractivity contribution is -0.170. The van der Waals surface area contributed by atoms with E-state index in [1.807, 2.05) is 27.7 Å². The number of hydrogen-bond donors (Lipinski definition) is 0. The fourth-order valence-electron chi connectivity index (χ4n) is 3.68. The Balaban J connectivity index is 4.64. The van der Waals surface area contributed by atoms with Gasteiger partial charge in [-0.25, -0.2) is 0 Å². The summed E-state index contributed by atoms with van der Waals surface area (Å²) in [6.45, 7) is 22.0. The molecule has 0 spiro atoms. The van der Waals surface area contributed by atoms with Crippen molar-refractivity contribution in [2.75, 3.05) is 0 Å². The minimum Gasteiger partial charge on any atom is -0.460 e. The van der Waals surface area contributed by atoms with Crippen molar-refractivity contribution in [3.05, 3.63) is 0 Å². The fourth-order valence-corrected chi connectivity index (χ4v) is 3.68. The van der Waals surface area contributed by atoms with Crippen LogP contribution in [0.4, 0.5) is 0 Å². The number of esters is 2. The average Bonchev–Trinajstić information content (AvgIpc) is 2.18. The quantitative estimate of drug-likeness (QED) is 0.563. The number of carbonyl (C=O) groups excluding carboxylic acids is 2. The molecular weight excluding hydrogens is 316 g/mol. The van der Waals surface area contributed by atoms with E-state index in [1.54, 1.807) is 6.92 Å². The molecule has 1 unspecified atom stereocenters. The highest BCUT2D eigenvalue weighted by Gasteiger charge is 2.33. The Labute approximate surface area is 155 Å². The van der Waals surface area contributed by atoms with Crippen LogP contribution in [0.1, 0.15) is 95.4 Å². The molecule has 4 nitrogen and oxygen atoms in total. The predicted octanol–water partition coefficient (Wildman–Crippen LogP) is 5.53. The van der Waals surface area contributed by atoms with Crippen molar-refractivity contribution < 1.29 is 19.1 Å². The first-order valence-corrected chi connectivity index (χ1v) is 9.27. The van der Waals surface area contributed by atoms with Gasteiger partial charge in [0.2, 0.25) is 0 Å². The number of rotatable bonds is 7. The monoisotopic (exact) mass is 356 g/mol. The van der Waals surface area contributed by atoms with Gasteiger partial charge in [0.25, 0.3) is 0 Å². The lowest BCUT2D eigenvalue weighted by Crippen LogP contribution is -2.36. The molecule has 25 heavy (non-hydrogen) atoms. The molecule has 0 bridgehead atoms. The Hall–Kier alpha value is -1.06. The van der Waals surface area contributed by atoms with E-state index in [0.29, 0.717) is 0 Å². The Morgan fingerprint density at radius 3 is 1.44 bits per heavy atom. The third kappa shape index (κ3) is 12.0. The standard InChI is InChI=1S/C21H40O4/c1-15(17(23)25-21(10,11)14-19(5,6)7)12-16(22)24-20(8,9)13-18(2,3)4/h15H,12-14H2,1-11H3. The molecule has 0 aliphatic rings. The van der Waals surface area contributed by atoms with Crippen LogP contribution in [0.3, 0.4) is 0 Å². The lowest BCUT2D eigenvalue weighted by atomic mass is 9.83. The zero-order valence-electron chi connectivity index (χ0n) is 18.3. The van der Waals surface area contributed by atoms with Gasteiger partial charge in [0.05, 0.1) is 12.3 Å². The third-order valence-corrected chi connectivity index (χ3v) is 3.55. The summed E-state index contributed by atoms with van der Waals surface area (Å²) in [6, 6.07) is 0. The van der Waals surface area contributed by atoms with Crippen LogP contribution >= 0.6 is 0 Å². The van der Waals surface area contributed by atoms with Crippen molar-refractivity contribution in [3.63, 3.8) is 0 Å². The maximum absolute atomic E-state index is 12.3. The molecule has 0 amide bonds. The van der Waals surface area contributed by atoms with E-state index in [4.69, 9.17) is 9.47 Å². The zero-order valence-corrected chi connectivity index (χ0v) is 18.3. The average molecular weight is 357 g/mol. The normalized spacial score (nSPS) is 14.8. The van der Waals surface area contributed by atoms with Gasteiger partial charge in [0.15, 0.2) is 0 Å². The maximum atomic E-state index is 12.3. The van der Waals surface area contributed by atoms with Gasteiger partial charge < -0.3 is 9.47 Å². The lowest BCUT2D eigenvalue weighted by Gasteiger charge is -2.33. The third-order valence-electron chi connectivity index (χ3n) is 3.55. The maximum Gasteiger partial charge on any atom is 0.309 e.